The van der Waals surface area contributed by atoms with E-state index in [0.29, 0.717) is 0 Å². The average Bonchev–Trinajstić information content (AvgIpc) is 2.73. The van der Waals surface area contributed by atoms with Crippen molar-refractivity contribution in [3.63, 3.8) is 0 Å². The van der Waals surface area contributed by atoms with Crippen LogP contribution in [0.1, 0.15) is 174 Å². The van der Waals surface area contributed by atoms with E-state index in [1.807, 2.05) is 0 Å². The third-order valence-electron chi connectivity index (χ3n) is 6.79. The number of rotatable bonds is 25. The van der Waals surface area contributed by atoms with Gasteiger partial charge in [0.1, 0.15) is 0 Å². The third kappa shape index (κ3) is 24.1. The fourth-order valence-electron chi connectivity index (χ4n) is 4.71. The van der Waals surface area contributed by atoms with Crippen LogP contribution in [0.2, 0.25) is 0 Å². The molecule has 0 saturated carbocycles. The SMILES string of the molecule is [CH2]CCCCC(CCCCCCCCC)CCCCCCCCCCCCCC. The largest absolute Gasteiger partial charge is 0.0654 e. The van der Waals surface area contributed by atoms with Crippen LogP contribution in [0.25, 0.3) is 0 Å². The van der Waals surface area contributed by atoms with Gasteiger partial charge in [0.15, 0.2) is 0 Å². The van der Waals surface area contributed by atoms with Crippen molar-refractivity contribution in [3.8, 4) is 0 Å². The zero-order chi connectivity index (χ0) is 21.3. The normalized spacial score (nSPS) is 12.5. The van der Waals surface area contributed by atoms with Crippen molar-refractivity contribution in [2.24, 2.45) is 5.92 Å². The molecule has 175 valence electrons. The summed E-state index contributed by atoms with van der Waals surface area (Å²) in [5, 5.41) is 0. The summed E-state index contributed by atoms with van der Waals surface area (Å²) in [6.45, 7) is 8.65. The van der Waals surface area contributed by atoms with E-state index >= 15 is 0 Å². The average molecular weight is 408 g/mol. The Morgan fingerprint density at radius 3 is 0.966 bits per heavy atom. The Labute approximate surface area is 187 Å². The second-order valence-electron chi connectivity index (χ2n) is 9.80. The Morgan fingerprint density at radius 1 is 0.379 bits per heavy atom. The highest BCUT2D eigenvalue weighted by Crippen LogP contribution is 2.24. The highest BCUT2D eigenvalue weighted by atomic mass is 14.1. The topological polar surface area (TPSA) is 0 Å². The Balaban J connectivity index is 3.57. The van der Waals surface area contributed by atoms with Gasteiger partial charge in [-0.2, -0.15) is 0 Å². The van der Waals surface area contributed by atoms with Gasteiger partial charge in [0.2, 0.25) is 0 Å². The van der Waals surface area contributed by atoms with Gasteiger partial charge in [-0.15, -0.1) is 0 Å². The van der Waals surface area contributed by atoms with Gasteiger partial charge in [-0.1, -0.05) is 181 Å². The molecule has 0 heteroatoms. The van der Waals surface area contributed by atoms with Crippen molar-refractivity contribution in [1.29, 1.82) is 0 Å². The minimum atomic E-state index is 1.01. The second kappa shape index (κ2) is 26.0. The van der Waals surface area contributed by atoms with Crippen LogP contribution in [0.15, 0.2) is 0 Å². The molecule has 0 bridgehead atoms. The lowest BCUT2D eigenvalue weighted by Gasteiger charge is -2.17. The van der Waals surface area contributed by atoms with E-state index in [1.165, 1.54) is 154 Å². The standard InChI is InChI=1S/C29H59/c1-4-7-10-12-14-15-16-17-18-20-22-25-28-29(26-23-9-6-3)27-24-21-19-13-11-8-5-2/h29H,3-28H2,1-2H3. The Morgan fingerprint density at radius 2 is 0.655 bits per heavy atom. The minimum Gasteiger partial charge on any atom is -0.0654 e. The van der Waals surface area contributed by atoms with E-state index in [1.54, 1.807) is 0 Å². The zero-order valence-corrected chi connectivity index (χ0v) is 21.0. The van der Waals surface area contributed by atoms with Gasteiger partial charge in [-0.3, -0.25) is 0 Å². The van der Waals surface area contributed by atoms with E-state index in [-0.39, 0.29) is 0 Å². The molecule has 0 aliphatic heterocycles. The molecule has 1 unspecified atom stereocenters. The van der Waals surface area contributed by atoms with Crippen molar-refractivity contribution >= 4 is 0 Å². The summed E-state index contributed by atoms with van der Waals surface area (Å²) in [4.78, 5) is 0. The van der Waals surface area contributed by atoms with Gasteiger partial charge < -0.3 is 0 Å². The van der Waals surface area contributed by atoms with Crippen molar-refractivity contribution in [2.45, 2.75) is 174 Å². The van der Waals surface area contributed by atoms with Crippen LogP contribution in [-0.4, -0.2) is 0 Å². The van der Waals surface area contributed by atoms with Crippen LogP contribution in [0.5, 0.6) is 0 Å². The molecule has 0 aromatic rings. The van der Waals surface area contributed by atoms with Crippen molar-refractivity contribution < 1.29 is 0 Å². The van der Waals surface area contributed by atoms with Crippen LogP contribution in [-0.2, 0) is 0 Å². The first-order valence-electron chi connectivity index (χ1n) is 14.1. The Bertz CT molecular complexity index is 269. The van der Waals surface area contributed by atoms with Crippen molar-refractivity contribution in [3.05, 3.63) is 6.92 Å². The lowest BCUT2D eigenvalue weighted by atomic mass is 9.89. The lowest BCUT2D eigenvalue weighted by molar-refractivity contribution is 0.368. The first-order chi connectivity index (χ1) is 14.3. The molecule has 29 heavy (non-hydrogen) atoms. The zero-order valence-electron chi connectivity index (χ0n) is 21.0. The maximum absolute atomic E-state index is 4.03. The van der Waals surface area contributed by atoms with Gasteiger partial charge in [0.25, 0.3) is 0 Å². The van der Waals surface area contributed by atoms with Crippen LogP contribution in [0.4, 0.5) is 0 Å². The predicted molar refractivity (Wildman–Crippen MR) is 136 cm³/mol. The maximum atomic E-state index is 4.03. The van der Waals surface area contributed by atoms with Gasteiger partial charge in [0.05, 0.1) is 0 Å². The molecule has 0 amide bonds. The Kier molecular flexibility index (Phi) is 26.0. The summed E-state index contributed by atoms with van der Waals surface area (Å²) < 4.78 is 0. The van der Waals surface area contributed by atoms with Crippen LogP contribution in [0, 0.1) is 12.8 Å². The van der Waals surface area contributed by atoms with E-state index < -0.39 is 0 Å². The molecule has 0 aromatic heterocycles. The summed E-state index contributed by atoms with van der Waals surface area (Å²) >= 11 is 0. The third-order valence-corrected chi connectivity index (χ3v) is 6.79. The molecule has 0 saturated heterocycles. The highest BCUT2D eigenvalue weighted by Gasteiger charge is 2.08. The van der Waals surface area contributed by atoms with E-state index in [0.717, 1.165) is 12.3 Å². The predicted octanol–water partition coefficient (Wildman–Crippen LogP) is 11.2. The molecule has 0 aliphatic rings. The summed E-state index contributed by atoms with van der Waals surface area (Å²) in [7, 11) is 0. The smallest absolute Gasteiger partial charge is 0.0414 e. The molecule has 0 nitrogen and oxygen atoms in total. The van der Waals surface area contributed by atoms with Gasteiger partial charge in [-0.25, -0.2) is 0 Å². The molecule has 0 aromatic carbocycles. The van der Waals surface area contributed by atoms with Crippen molar-refractivity contribution in [2.75, 3.05) is 0 Å². The second-order valence-corrected chi connectivity index (χ2v) is 9.80. The fraction of sp³-hybridized carbons (Fsp3) is 0.966. The molecule has 0 fully saturated rings. The molecule has 0 heterocycles. The quantitative estimate of drug-likeness (QED) is 0.132. The molecule has 0 rings (SSSR count). The summed E-state index contributed by atoms with van der Waals surface area (Å²) in [5.74, 6) is 1.01. The van der Waals surface area contributed by atoms with E-state index in [2.05, 4.69) is 20.8 Å². The molecular weight excluding hydrogens is 348 g/mol. The number of unbranched alkanes of at least 4 members (excludes halogenated alkanes) is 19. The minimum absolute atomic E-state index is 1.01. The lowest BCUT2D eigenvalue weighted by Crippen LogP contribution is -2.01. The van der Waals surface area contributed by atoms with Gasteiger partial charge >= 0.3 is 0 Å². The van der Waals surface area contributed by atoms with Crippen LogP contribution >= 0.6 is 0 Å². The van der Waals surface area contributed by atoms with E-state index in [9.17, 15) is 0 Å². The maximum Gasteiger partial charge on any atom is -0.0414 e. The summed E-state index contributed by atoms with van der Waals surface area (Å²) in [6.07, 6.45) is 36.2. The van der Waals surface area contributed by atoms with Crippen LogP contribution in [0.3, 0.4) is 0 Å². The van der Waals surface area contributed by atoms with Gasteiger partial charge in [0, 0.05) is 0 Å². The Hall–Kier alpha value is 0. The molecular formula is C29H59. The van der Waals surface area contributed by atoms with Crippen LogP contribution < -0.4 is 0 Å². The summed E-state index contributed by atoms with van der Waals surface area (Å²) in [6, 6.07) is 0. The molecule has 0 N–H and O–H groups in total. The first kappa shape index (κ1) is 29.0. The molecule has 0 aliphatic carbocycles. The first-order valence-corrected chi connectivity index (χ1v) is 14.1. The monoisotopic (exact) mass is 407 g/mol. The number of hydrogen-bond donors (Lipinski definition) is 0. The van der Waals surface area contributed by atoms with Gasteiger partial charge in [-0.05, 0) is 5.92 Å². The molecule has 1 radical (unpaired) electrons. The fourth-order valence-corrected chi connectivity index (χ4v) is 4.71. The number of hydrogen-bond acceptors (Lipinski definition) is 0. The summed E-state index contributed by atoms with van der Waals surface area (Å²) in [5.41, 5.74) is 0. The molecule has 1 atom stereocenters. The molecule has 0 spiro atoms. The highest BCUT2D eigenvalue weighted by molar-refractivity contribution is 4.62. The van der Waals surface area contributed by atoms with E-state index in [4.69, 9.17) is 0 Å². The van der Waals surface area contributed by atoms with Crippen molar-refractivity contribution in [1.82, 2.24) is 0 Å².